The van der Waals surface area contributed by atoms with Crippen molar-refractivity contribution in [3.63, 3.8) is 0 Å². The molecule has 2 heterocycles. The third-order valence-electron chi connectivity index (χ3n) is 4.41. The van der Waals surface area contributed by atoms with Crippen LogP contribution in [0.5, 0.6) is 0 Å². The second-order valence-electron chi connectivity index (χ2n) is 6.26. The van der Waals surface area contributed by atoms with Crippen molar-refractivity contribution in [2.24, 2.45) is 17.6 Å². The minimum Gasteiger partial charge on any atom is -0.361 e. The van der Waals surface area contributed by atoms with Gasteiger partial charge in [0.1, 0.15) is 5.52 Å². The Morgan fingerprint density at radius 2 is 2.00 bits per heavy atom. The fourth-order valence-corrected chi connectivity index (χ4v) is 2.60. The highest BCUT2D eigenvalue weighted by Crippen LogP contribution is 2.30. The molecule has 0 unspecified atom stereocenters. The maximum atomic E-state index is 11.4. The van der Waals surface area contributed by atoms with E-state index in [-0.39, 0.29) is 23.3 Å². The summed E-state index contributed by atoms with van der Waals surface area (Å²) in [6, 6.07) is 5.21. The predicted molar refractivity (Wildman–Crippen MR) is 86.9 cm³/mol. The first-order valence-corrected chi connectivity index (χ1v) is 7.42. The number of hydrogen-bond acceptors (Lipinski definition) is 5. The summed E-state index contributed by atoms with van der Waals surface area (Å²) in [4.78, 5) is 11.0. The van der Waals surface area contributed by atoms with Crippen LogP contribution in [-0.4, -0.2) is 26.6 Å². The molecule has 0 aromatic carbocycles. The second-order valence-corrected chi connectivity index (χ2v) is 6.26. The van der Waals surface area contributed by atoms with Crippen LogP contribution >= 0.6 is 0 Å². The van der Waals surface area contributed by atoms with E-state index in [0.29, 0.717) is 12.1 Å². The van der Waals surface area contributed by atoms with Crippen LogP contribution in [0.4, 0.5) is 11.5 Å². The van der Waals surface area contributed by atoms with Gasteiger partial charge in [-0.05, 0) is 24.0 Å². The van der Waals surface area contributed by atoms with E-state index < -0.39 is 10.5 Å². The van der Waals surface area contributed by atoms with Crippen LogP contribution in [-0.2, 0) is 0 Å². The number of aromatic nitrogens is 2. The van der Waals surface area contributed by atoms with Crippen molar-refractivity contribution < 1.29 is 4.92 Å². The number of nitrogens with one attached hydrogen (secondary N) is 1. The van der Waals surface area contributed by atoms with Gasteiger partial charge in [0.2, 0.25) is 5.82 Å². The molecule has 3 N–H and O–H groups in total. The van der Waals surface area contributed by atoms with E-state index in [1.165, 1.54) is 4.52 Å². The molecule has 0 radical (unpaired) electrons. The Bertz CT molecular complexity index is 670. The predicted octanol–water partition coefficient (Wildman–Crippen LogP) is 2.66. The average Bonchev–Trinajstić information content (AvgIpc) is 2.82. The van der Waals surface area contributed by atoms with E-state index in [1.54, 1.807) is 24.4 Å². The van der Waals surface area contributed by atoms with Crippen LogP contribution in [0.3, 0.4) is 0 Å². The third kappa shape index (κ3) is 2.76. The quantitative estimate of drug-likeness (QED) is 0.631. The molecular weight excluding hydrogens is 282 g/mol. The van der Waals surface area contributed by atoms with Gasteiger partial charge in [-0.25, -0.2) is 4.52 Å². The number of nitrogens with zero attached hydrogens (tertiary/aromatic N) is 3. The molecule has 0 aliphatic carbocycles. The zero-order chi connectivity index (χ0) is 16.5. The monoisotopic (exact) mass is 305 g/mol. The first-order chi connectivity index (χ1) is 10.3. The second kappa shape index (κ2) is 5.92. The minimum atomic E-state index is -0.469. The van der Waals surface area contributed by atoms with Gasteiger partial charge < -0.3 is 11.1 Å². The van der Waals surface area contributed by atoms with Crippen molar-refractivity contribution in [1.29, 1.82) is 0 Å². The van der Waals surface area contributed by atoms with Gasteiger partial charge in [0.15, 0.2) is 0 Å². The van der Waals surface area contributed by atoms with Crippen molar-refractivity contribution in [2.45, 2.75) is 33.2 Å². The van der Waals surface area contributed by atoms with Crippen molar-refractivity contribution in [2.75, 3.05) is 11.9 Å². The maximum absolute atomic E-state index is 11.4. The van der Waals surface area contributed by atoms with Gasteiger partial charge in [-0.2, -0.15) is 0 Å². The molecule has 0 fully saturated rings. The Morgan fingerprint density at radius 1 is 1.36 bits per heavy atom. The van der Waals surface area contributed by atoms with Crippen molar-refractivity contribution >= 4 is 17.0 Å². The first kappa shape index (κ1) is 16.2. The average molecular weight is 305 g/mol. The first-order valence-electron chi connectivity index (χ1n) is 7.42. The molecule has 7 nitrogen and oxygen atoms in total. The van der Waals surface area contributed by atoms with Gasteiger partial charge in [-0.1, -0.05) is 33.8 Å². The smallest absolute Gasteiger partial charge is 0.338 e. The van der Waals surface area contributed by atoms with Gasteiger partial charge >= 0.3 is 5.69 Å². The SMILES string of the molecule is CC(C)C(N)(CNc1nn2ccccc2c1[N+](=O)[O-])C(C)C. The molecule has 0 aliphatic rings. The van der Waals surface area contributed by atoms with E-state index in [9.17, 15) is 10.1 Å². The van der Waals surface area contributed by atoms with E-state index in [4.69, 9.17) is 5.73 Å². The van der Waals surface area contributed by atoms with Crippen LogP contribution in [0.2, 0.25) is 0 Å². The normalized spacial score (nSPS) is 12.3. The van der Waals surface area contributed by atoms with E-state index in [2.05, 4.69) is 38.1 Å². The van der Waals surface area contributed by atoms with Gasteiger partial charge in [0.25, 0.3) is 0 Å². The molecule has 0 saturated carbocycles. The molecule has 0 bridgehead atoms. The summed E-state index contributed by atoms with van der Waals surface area (Å²) >= 11 is 0. The lowest BCUT2D eigenvalue weighted by molar-refractivity contribution is -0.382. The summed E-state index contributed by atoms with van der Waals surface area (Å²) in [5.74, 6) is 0.722. The number of anilines is 1. The standard InChI is InChI=1S/C15H23N5O2/c1-10(2)15(16,11(3)4)9-17-14-13(20(21)22)12-7-5-6-8-19(12)18-14/h5-8,10-11H,9,16H2,1-4H3,(H,17,18). The maximum Gasteiger partial charge on any atom is 0.338 e. The van der Waals surface area contributed by atoms with Crippen LogP contribution in [0.1, 0.15) is 27.7 Å². The highest BCUT2D eigenvalue weighted by Gasteiger charge is 2.34. The molecule has 0 spiro atoms. The lowest BCUT2D eigenvalue weighted by atomic mass is 9.78. The van der Waals surface area contributed by atoms with E-state index >= 15 is 0 Å². The Labute approximate surface area is 129 Å². The largest absolute Gasteiger partial charge is 0.361 e. The fraction of sp³-hybridized carbons (Fsp3) is 0.533. The molecule has 0 saturated heterocycles. The molecular formula is C15H23N5O2. The van der Waals surface area contributed by atoms with Gasteiger partial charge in [0, 0.05) is 18.3 Å². The van der Waals surface area contributed by atoms with E-state index in [1.807, 2.05) is 0 Å². The van der Waals surface area contributed by atoms with E-state index in [0.717, 1.165) is 0 Å². The highest BCUT2D eigenvalue weighted by molar-refractivity contribution is 5.76. The molecule has 2 rings (SSSR count). The van der Waals surface area contributed by atoms with Crippen LogP contribution in [0.25, 0.3) is 5.52 Å². The summed E-state index contributed by atoms with van der Waals surface area (Å²) in [6.07, 6.45) is 1.69. The van der Waals surface area contributed by atoms with Crippen molar-refractivity contribution in [1.82, 2.24) is 9.61 Å². The summed E-state index contributed by atoms with van der Waals surface area (Å²) < 4.78 is 1.50. The zero-order valence-electron chi connectivity index (χ0n) is 13.4. The summed E-state index contributed by atoms with van der Waals surface area (Å²) in [5, 5.41) is 18.7. The zero-order valence-corrected chi connectivity index (χ0v) is 13.4. The van der Waals surface area contributed by atoms with Crippen LogP contribution in [0, 0.1) is 22.0 Å². The van der Waals surface area contributed by atoms with Crippen LogP contribution in [0.15, 0.2) is 24.4 Å². The highest BCUT2D eigenvalue weighted by atomic mass is 16.6. The molecule has 22 heavy (non-hydrogen) atoms. The molecule has 7 heteroatoms. The van der Waals surface area contributed by atoms with Gasteiger partial charge in [-0.3, -0.25) is 10.1 Å². The Hall–Kier alpha value is -2.15. The topological polar surface area (TPSA) is 98.5 Å². The van der Waals surface area contributed by atoms with Crippen molar-refractivity contribution in [3.05, 3.63) is 34.5 Å². The molecule has 0 amide bonds. The molecule has 120 valence electrons. The van der Waals surface area contributed by atoms with Crippen molar-refractivity contribution in [3.8, 4) is 0 Å². The number of rotatable bonds is 6. The van der Waals surface area contributed by atoms with Crippen LogP contribution < -0.4 is 11.1 Å². The third-order valence-corrected chi connectivity index (χ3v) is 4.41. The Balaban J connectivity index is 2.36. The minimum absolute atomic E-state index is 0.0181. The Morgan fingerprint density at radius 3 is 2.55 bits per heavy atom. The molecule has 2 aromatic heterocycles. The molecule has 0 atom stereocenters. The summed E-state index contributed by atoms with van der Waals surface area (Å²) in [5.41, 5.74) is 6.46. The Kier molecular flexibility index (Phi) is 4.37. The number of hydrogen-bond donors (Lipinski definition) is 2. The summed E-state index contributed by atoms with van der Waals surface area (Å²) in [7, 11) is 0. The number of nitrogens with two attached hydrogens (primary N) is 1. The van der Waals surface area contributed by atoms with Gasteiger partial charge in [0.05, 0.1) is 4.92 Å². The summed E-state index contributed by atoms with van der Waals surface area (Å²) in [6.45, 7) is 8.64. The number of pyridine rings is 1. The fourth-order valence-electron chi connectivity index (χ4n) is 2.60. The number of nitro groups is 1. The molecule has 0 aliphatic heterocycles. The number of fused-ring (bicyclic) bond motifs is 1. The lowest BCUT2D eigenvalue weighted by Crippen LogP contribution is -2.55. The molecule has 2 aromatic rings. The van der Waals surface area contributed by atoms with Gasteiger partial charge in [-0.15, -0.1) is 5.10 Å². The lowest BCUT2D eigenvalue weighted by Gasteiger charge is -2.37.